The van der Waals surface area contributed by atoms with Crippen LogP contribution in [-0.4, -0.2) is 24.6 Å². The number of nitriles is 1. The Kier molecular flexibility index (Phi) is 4.15. The maximum absolute atomic E-state index is 12.5. The van der Waals surface area contributed by atoms with E-state index in [4.69, 9.17) is 5.26 Å². The first kappa shape index (κ1) is 14.5. The number of ether oxygens (including phenoxy) is 1. The largest absolute Gasteiger partial charge is 0.448 e. The second-order valence-electron chi connectivity index (χ2n) is 2.42. The lowest BCUT2D eigenvalue weighted by molar-refractivity contribution is -0.266. The van der Waals surface area contributed by atoms with Gasteiger partial charge in [0.1, 0.15) is 12.8 Å². The molecule has 16 heavy (non-hydrogen) atoms. The van der Waals surface area contributed by atoms with Crippen LogP contribution in [0.2, 0.25) is 0 Å². The van der Waals surface area contributed by atoms with E-state index >= 15 is 0 Å². The zero-order chi connectivity index (χ0) is 13.0. The molecular weight excluding hydrogens is 247 g/mol. The first-order valence-corrected chi connectivity index (χ1v) is 3.39. The molecule has 0 aliphatic rings. The van der Waals surface area contributed by atoms with Gasteiger partial charge in [0.15, 0.2) is 6.07 Å². The van der Waals surface area contributed by atoms with Crippen LogP contribution in [-0.2, 0) is 4.74 Å². The Balaban J connectivity index is 4.70. The molecule has 0 aromatic rings. The Labute approximate surface area is 84.6 Å². The molecule has 0 radical (unpaired) electrons. The Morgan fingerprint density at radius 3 is 1.94 bits per heavy atom. The molecule has 9 heteroatoms. The summed E-state index contributed by atoms with van der Waals surface area (Å²) >= 11 is 0. The van der Waals surface area contributed by atoms with Gasteiger partial charge in [-0.1, -0.05) is 0 Å². The second-order valence-corrected chi connectivity index (χ2v) is 2.42. The Morgan fingerprint density at radius 2 is 1.56 bits per heavy atom. The highest BCUT2D eigenvalue weighted by Crippen LogP contribution is 2.35. The number of halogens is 7. The summed E-state index contributed by atoms with van der Waals surface area (Å²) in [4.78, 5) is 0. The SMILES string of the molecule is N#CC(F)(F)OCC(F)(F)C(F)(F)C#CF. The van der Waals surface area contributed by atoms with Gasteiger partial charge in [0, 0.05) is 5.92 Å². The van der Waals surface area contributed by atoms with Gasteiger partial charge in [0.2, 0.25) is 0 Å². The summed E-state index contributed by atoms with van der Waals surface area (Å²) in [6, 6.07) is 0.153. The average molecular weight is 249 g/mol. The molecule has 0 atom stereocenters. The average Bonchev–Trinajstić information content (AvgIpc) is 2.15. The maximum atomic E-state index is 12.5. The van der Waals surface area contributed by atoms with Crippen molar-refractivity contribution in [2.75, 3.05) is 6.61 Å². The third kappa shape index (κ3) is 3.59. The van der Waals surface area contributed by atoms with Crippen LogP contribution in [0.5, 0.6) is 0 Å². The summed E-state index contributed by atoms with van der Waals surface area (Å²) < 4.78 is 87.6. The molecule has 2 nitrogen and oxygen atoms in total. The minimum atomic E-state index is -5.17. The summed E-state index contributed by atoms with van der Waals surface area (Å²) in [5.74, 6) is -10.1. The summed E-state index contributed by atoms with van der Waals surface area (Å²) in [7, 11) is 0. The van der Waals surface area contributed by atoms with Crippen molar-refractivity contribution in [3.05, 3.63) is 0 Å². The molecule has 0 aliphatic carbocycles. The molecule has 0 bridgehead atoms. The molecule has 90 valence electrons. The van der Waals surface area contributed by atoms with Crippen molar-refractivity contribution in [1.82, 2.24) is 0 Å². The van der Waals surface area contributed by atoms with E-state index in [0.717, 1.165) is 0 Å². The highest BCUT2D eigenvalue weighted by atomic mass is 19.3. The molecular formula is C7H2F7NO. The standard InChI is InChI=1S/C7H2F7NO/c8-2-1-5(9,10)6(11,12)4-16-7(13,14)3-15/h4H2. The predicted octanol–water partition coefficient (Wildman–Crippen LogP) is 2.32. The molecule has 0 aromatic heterocycles. The van der Waals surface area contributed by atoms with Gasteiger partial charge in [-0.15, -0.1) is 4.39 Å². The molecule has 0 unspecified atom stereocenters. The zero-order valence-corrected chi connectivity index (χ0v) is 7.21. The lowest BCUT2D eigenvalue weighted by Crippen LogP contribution is -2.44. The van der Waals surface area contributed by atoms with Crippen molar-refractivity contribution in [2.45, 2.75) is 18.0 Å². The summed E-state index contributed by atoms with van der Waals surface area (Å²) in [5, 5.41) is 7.65. The van der Waals surface area contributed by atoms with Crippen molar-refractivity contribution in [2.24, 2.45) is 0 Å². The van der Waals surface area contributed by atoms with Gasteiger partial charge in [-0.3, -0.25) is 0 Å². The van der Waals surface area contributed by atoms with E-state index in [1.807, 2.05) is 0 Å². The smallest absolute Gasteiger partial charge is 0.302 e. The third-order valence-electron chi connectivity index (χ3n) is 1.23. The zero-order valence-electron chi connectivity index (χ0n) is 7.21. The second kappa shape index (κ2) is 4.58. The maximum Gasteiger partial charge on any atom is 0.448 e. The number of alkyl halides is 6. The fourth-order valence-corrected chi connectivity index (χ4v) is 0.455. The van der Waals surface area contributed by atoms with Crippen LogP contribution in [0.25, 0.3) is 0 Å². The van der Waals surface area contributed by atoms with E-state index in [1.54, 1.807) is 0 Å². The fourth-order valence-electron chi connectivity index (χ4n) is 0.455. The number of hydrogen-bond donors (Lipinski definition) is 0. The van der Waals surface area contributed by atoms with Crippen LogP contribution in [0.1, 0.15) is 0 Å². The van der Waals surface area contributed by atoms with Crippen LogP contribution < -0.4 is 0 Å². The summed E-state index contributed by atoms with van der Waals surface area (Å²) in [5.41, 5.74) is 0. The summed E-state index contributed by atoms with van der Waals surface area (Å²) in [6.45, 7) is -2.48. The molecule has 0 N–H and O–H groups in total. The topological polar surface area (TPSA) is 33.0 Å². The minimum absolute atomic E-state index is 0.0372. The number of rotatable bonds is 4. The van der Waals surface area contributed by atoms with Gasteiger partial charge in [0.05, 0.1) is 0 Å². The van der Waals surface area contributed by atoms with Crippen LogP contribution >= 0.6 is 0 Å². The van der Waals surface area contributed by atoms with E-state index < -0.39 is 24.6 Å². The minimum Gasteiger partial charge on any atom is -0.302 e. The first-order chi connectivity index (χ1) is 7.08. The molecule has 0 aliphatic heterocycles. The van der Waals surface area contributed by atoms with Gasteiger partial charge in [0.25, 0.3) is 0 Å². The quantitative estimate of drug-likeness (QED) is 0.565. The van der Waals surface area contributed by atoms with Crippen molar-refractivity contribution < 1.29 is 35.5 Å². The van der Waals surface area contributed by atoms with E-state index in [-0.39, 0.29) is 18.2 Å². The normalized spacial score (nSPS) is 12.6. The molecule has 0 fully saturated rings. The third-order valence-corrected chi connectivity index (χ3v) is 1.23. The van der Waals surface area contributed by atoms with Crippen molar-refractivity contribution in [3.63, 3.8) is 0 Å². The van der Waals surface area contributed by atoms with Crippen LogP contribution in [0.15, 0.2) is 0 Å². The highest BCUT2D eigenvalue weighted by Gasteiger charge is 2.57. The summed E-state index contributed by atoms with van der Waals surface area (Å²) in [6.07, 6.45) is -4.60. The van der Waals surface area contributed by atoms with Crippen molar-refractivity contribution in [3.8, 4) is 18.2 Å². The van der Waals surface area contributed by atoms with Gasteiger partial charge in [-0.2, -0.15) is 31.6 Å². The molecule has 0 heterocycles. The van der Waals surface area contributed by atoms with Gasteiger partial charge >= 0.3 is 18.0 Å². The molecule has 0 amide bonds. The van der Waals surface area contributed by atoms with Crippen LogP contribution in [0.3, 0.4) is 0 Å². The molecule has 0 aromatic carbocycles. The molecule has 0 spiro atoms. The van der Waals surface area contributed by atoms with Gasteiger partial charge < -0.3 is 4.74 Å². The highest BCUT2D eigenvalue weighted by molar-refractivity contribution is 5.11. The monoisotopic (exact) mass is 249 g/mol. The fraction of sp³-hybridized carbons (Fsp3) is 0.571. The van der Waals surface area contributed by atoms with Gasteiger partial charge in [-0.05, 0) is 0 Å². The van der Waals surface area contributed by atoms with Crippen molar-refractivity contribution >= 4 is 0 Å². The van der Waals surface area contributed by atoms with E-state index in [2.05, 4.69) is 4.74 Å². The number of nitrogens with zero attached hydrogens (tertiary/aromatic N) is 1. The predicted molar refractivity (Wildman–Crippen MR) is 35.3 cm³/mol. The van der Waals surface area contributed by atoms with E-state index in [1.165, 1.54) is 0 Å². The lowest BCUT2D eigenvalue weighted by atomic mass is 10.2. The molecule has 0 rings (SSSR count). The Morgan fingerprint density at radius 1 is 1.06 bits per heavy atom. The molecule has 0 saturated carbocycles. The first-order valence-electron chi connectivity index (χ1n) is 3.39. The number of hydrogen-bond acceptors (Lipinski definition) is 2. The Hall–Kier alpha value is -1.48. The van der Waals surface area contributed by atoms with Crippen molar-refractivity contribution in [1.29, 1.82) is 5.26 Å². The lowest BCUT2D eigenvalue weighted by Gasteiger charge is -2.22. The van der Waals surface area contributed by atoms with Gasteiger partial charge in [-0.25, -0.2) is 0 Å². The Bertz CT molecular complexity index is 348. The van der Waals surface area contributed by atoms with E-state index in [9.17, 15) is 30.7 Å². The van der Waals surface area contributed by atoms with Crippen LogP contribution in [0, 0.1) is 23.4 Å². The van der Waals surface area contributed by atoms with E-state index in [0.29, 0.717) is 0 Å². The molecule has 0 saturated heterocycles. The van der Waals surface area contributed by atoms with Crippen LogP contribution in [0.4, 0.5) is 30.7 Å².